The van der Waals surface area contributed by atoms with Gasteiger partial charge in [0.1, 0.15) is 6.61 Å². The Balaban J connectivity index is 1.46. The summed E-state index contributed by atoms with van der Waals surface area (Å²) in [5.74, 6) is -0.317. The fraction of sp³-hybridized carbons (Fsp3) is 0.250. The van der Waals surface area contributed by atoms with Crippen molar-refractivity contribution in [2.75, 3.05) is 6.61 Å². The highest BCUT2D eigenvalue weighted by Gasteiger charge is 2.24. The monoisotopic (exact) mass is 421 g/mol. The van der Waals surface area contributed by atoms with Crippen molar-refractivity contribution < 1.29 is 13.9 Å². The third-order valence-corrected chi connectivity index (χ3v) is 5.39. The van der Waals surface area contributed by atoms with E-state index in [0.717, 1.165) is 36.1 Å². The number of hydrogen-bond donors (Lipinski definition) is 3. The number of halogens is 1. The lowest BCUT2D eigenvalue weighted by Gasteiger charge is -2.27. The first-order valence-corrected chi connectivity index (χ1v) is 10.3. The summed E-state index contributed by atoms with van der Waals surface area (Å²) in [6.07, 6.45) is 2.44. The molecule has 0 aliphatic heterocycles. The van der Waals surface area contributed by atoms with Gasteiger partial charge in [-0.25, -0.2) is 9.18 Å². The number of aryl methyl sites for hydroxylation is 1. The van der Waals surface area contributed by atoms with Crippen LogP contribution in [0.3, 0.4) is 0 Å². The van der Waals surface area contributed by atoms with Crippen LogP contribution in [-0.2, 0) is 6.42 Å². The van der Waals surface area contributed by atoms with Gasteiger partial charge in [0.15, 0.2) is 11.6 Å². The van der Waals surface area contributed by atoms with E-state index in [-0.39, 0.29) is 30.0 Å². The zero-order chi connectivity index (χ0) is 21.6. The van der Waals surface area contributed by atoms with Gasteiger partial charge in [0.2, 0.25) is 5.56 Å². The van der Waals surface area contributed by atoms with Crippen LogP contribution in [0.25, 0.3) is 0 Å². The first kappa shape index (κ1) is 20.7. The van der Waals surface area contributed by atoms with Crippen LogP contribution in [0.1, 0.15) is 41.7 Å². The van der Waals surface area contributed by atoms with E-state index in [1.807, 2.05) is 30.3 Å². The third-order valence-electron chi connectivity index (χ3n) is 5.39. The molecule has 7 heteroatoms. The van der Waals surface area contributed by atoms with Gasteiger partial charge >= 0.3 is 6.03 Å². The molecule has 2 aromatic carbocycles. The van der Waals surface area contributed by atoms with Crippen LogP contribution in [0.4, 0.5) is 9.18 Å². The maximum atomic E-state index is 13.9. The quantitative estimate of drug-likeness (QED) is 0.562. The molecule has 1 heterocycles. The van der Waals surface area contributed by atoms with Crippen LogP contribution in [0.5, 0.6) is 5.75 Å². The molecule has 0 saturated heterocycles. The molecule has 2 atom stereocenters. The van der Waals surface area contributed by atoms with Gasteiger partial charge in [-0.15, -0.1) is 0 Å². The molecule has 0 radical (unpaired) electrons. The average molecular weight is 421 g/mol. The van der Waals surface area contributed by atoms with E-state index in [1.165, 1.54) is 12.1 Å². The Morgan fingerprint density at radius 3 is 2.68 bits per heavy atom. The minimum atomic E-state index is -0.473. The molecule has 160 valence electrons. The molecule has 0 saturated carbocycles. The standard InChI is InChI=1S/C24H24FN3O3/c25-18-9-4-5-12-22(18)31-15-21(16-7-2-1-3-8-16)28-24(30)27-20-11-6-10-19-17(20)13-14-23(29)26-19/h1-5,7-9,12-14,20-21H,6,10-11,15H2,(H,26,29)(H2,27,28,30). The first-order chi connectivity index (χ1) is 15.1. The molecule has 3 aromatic rings. The van der Waals surface area contributed by atoms with Crippen molar-refractivity contribution in [3.05, 3.63) is 99.7 Å². The molecule has 4 rings (SSSR count). The summed E-state index contributed by atoms with van der Waals surface area (Å²) >= 11 is 0. The van der Waals surface area contributed by atoms with E-state index >= 15 is 0 Å². The number of pyridine rings is 1. The number of fused-ring (bicyclic) bond motifs is 1. The number of ether oxygens (including phenoxy) is 1. The normalized spacial score (nSPS) is 16.1. The Labute approximate surface area is 179 Å². The van der Waals surface area contributed by atoms with Crippen molar-refractivity contribution in [2.24, 2.45) is 0 Å². The number of carbonyl (C=O) groups is 1. The zero-order valence-electron chi connectivity index (χ0n) is 16.9. The number of H-pyrrole nitrogens is 1. The zero-order valence-corrected chi connectivity index (χ0v) is 16.9. The number of amides is 2. The van der Waals surface area contributed by atoms with Crippen LogP contribution in [0.15, 0.2) is 71.5 Å². The minimum absolute atomic E-state index is 0.0763. The Bertz CT molecular complexity index is 1100. The molecule has 0 bridgehead atoms. The number of aromatic amines is 1. The van der Waals surface area contributed by atoms with E-state index < -0.39 is 11.9 Å². The number of benzene rings is 2. The molecular formula is C24H24FN3O3. The van der Waals surface area contributed by atoms with E-state index in [4.69, 9.17) is 4.74 Å². The molecule has 0 spiro atoms. The molecule has 2 amide bonds. The molecule has 3 N–H and O–H groups in total. The summed E-state index contributed by atoms with van der Waals surface area (Å²) in [7, 11) is 0. The van der Waals surface area contributed by atoms with E-state index in [0.29, 0.717) is 0 Å². The predicted molar refractivity (Wildman–Crippen MR) is 115 cm³/mol. The Morgan fingerprint density at radius 1 is 1.10 bits per heavy atom. The van der Waals surface area contributed by atoms with Gasteiger partial charge in [0.25, 0.3) is 0 Å². The molecule has 1 aliphatic rings. The van der Waals surface area contributed by atoms with Crippen molar-refractivity contribution in [3.63, 3.8) is 0 Å². The van der Waals surface area contributed by atoms with Crippen LogP contribution in [0.2, 0.25) is 0 Å². The summed E-state index contributed by atoms with van der Waals surface area (Å²) in [6.45, 7) is 0.0763. The number of aromatic nitrogens is 1. The highest BCUT2D eigenvalue weighted by molar-refractivity contribution is 5.75. The SMILES string of the molecule is O=C(NC(COc1ccccc1F)c1ccccc1)NC1CCCc2[nH]c(=O)ccc21. The fourth-order valence-electron chi connectivity index (χ4n) is 3.85. The first-order valence-electron chi connectivity index (χ1n) is 10.3. The predicted octanol–water partition coefficient (Wildman–Crippen LogP) is 4.01. The minimum Gasteiger partial charge on any atom is -0.488 e. The van der Waals surface area contributed by atoms with Gasteiger partial charge in [-0.1, -0.05) is 42.5 Å². The summed E-state index contributed by atoms with van der Waals surface area (Å²) < 4.78 is 19.6. The molecule has 31 heavy (non-hydrogen) atoms. The van der Waals surface area contributed by atoms with Gasteiger partial charge in [0, 0.05) is 11.8 Å². The largest absolute Gasteiger partial charge is 0.488 e. The number of urea groups is 1. The summed E-state index contributed by atoms with van der Waals surface area (Å²) in [5, 5.41) is 5.95. The molecule has 1 aromatic heterocycles. The maximum Gasteiger partial charge on any atom is 0.315 e. The van der Waals surface area contributed by atoms with Gasteiger partial charge in [-0.2, -0.15) is 0 Å². The fourth-order valence-corrected chi connectivity index (χ4v) is 3.85. The van der Waals surface area contributed by atoms with Crippen molar-refractivity contribution in [3.8, 4) is 5.75 Å². The van der Waals surface area contributed by atoms with Gasteiger partial charge in [-0.3, -0.25) is 4.79 Å². The Hall–Kier alpha value is -3.61. The lowest BCUT2D eigenvalue weighted by Crippen LogP contribution is -2.42. The van der Waals surface area contributed by atoms with Gasteiger partial charge < -0.3 is 20.4 Å². The molecule has 0 fully saturated rings. The Kier molecular flexibility index (Phi) is 6.31. The van der Waals surface area contributed by atoms with Gasteiger partial charge in [0.05, 0.1) is 12.1 Å². The van der Waals surface area contributed by atoms with Crippen molar-refractivity contribution in [1.82, 2.24) is 15.6 Å². The summed E-state index contributed by atoms with van der Waals surface area (Å²) in [4.78, 5) is 27.3. The van der Waals surface area contributed by atoms with Crippen LogP contribution >= 0.6 is 0 Å². The molecular weight excluding hydrogens is 397 g/mol. The summed E-state index contributed by atoms with van der Waals surface area (Å²) in [6, 6.07) is 17.8. The molecule has 6 nitrogen and oxygen atoms in total. The maximum absolute atomic E-state index is 13.9. The van der Waals surface area contributed by atoms with Crippen LogP contribution in [0, 0.1) is 5.82 Å². The van der Waals surface area contributed by atoms with Crippen molar-refractivity contribution in [1.29, 1.82) is 0 Å². The molecule has 1 aliphatic carbocycles. The third kappa shape index (κ3) is 5.12. The van der Waals surface area contributed by atoms with Crippen molar-refractivity contribution in [2.45, 2.75) is 31.3 Å². The Morgan fingerprint density at radius 2 is 1.87 bits per heavy atom. The number of para-hydroxylation sites is 1. The van der Waals surface area contributed by atoms with Crippen LogP contribution in [-0.4, -0.2) is 17.6 Å². The highest BCUT2D eigenvalue weighted by Crippen LogP contribution is 2.27. The second-order valence-corrected chi connectivity index (χ2v) is 7.52. The molecule has 2 unspecified atom stereocenters. The van der Waals surface area contributed by atoms with Crippen molar-refractivity contribution >= 4 is 6.03 Å². The number of nitrogens with one attached hydrogen (secondary N) is 3. The number of carbonyl (C=O) groups excluding carboxylic acids is 1. The van der Waals surface area contributed by atoms with Gasteiger partial charge in [-0.05, 0) is 48.6 Å². The topological polar surface area (TPSA) is 83.2 Å². The van der Waals surface area contributed by atoms with E-state index in [2.05, 4.69) is 15.6 Å². The lowest BCUT2D eigenvalue weighted by molar-refractivity contribution is 0.217. The summed E-state index contributed by atoms with van der Waals surface area (Å²) in [5.41, 5.74) is 2.51. The second kappa shape index (κ2) is 9.47. The lowest BCUT2D eigenvalue weighted by atomic mass is 9.91. The van der Waals surface area contributed by atoms with E-state index in [9.17, 15) is 14.0 Å². The number of hydrogen-bond acceptors (Lipinski definition) is 3. The highest BCUT2D eigenvalue weighted by atomic mass is 19.1. The smallest absolute Gasteiger partial charge is 0.315 e. The van der Waals surface area contributed by atoms with Crippen LogP contribution < -0.4 is 20.9 Å². The average Bonchev–Trinajstić information content (AvgIpc) is 2.78. The second-order valence-electron chi connectivity index (χ2n) is 7.52. The number of rotatable bonds is 6. The van der Waals surface area contributed by atoms with E-state index in [1.54, 1.807) is 24.3 Å².